The van der Waals surface area contributed by atoms with Gasteiger partial charge in [-0.15, -0.1) is 94.5 Å². The maximum absolute atomic E-state index is 4.83. The van der Waals surface area contributed by atoms with Crippen molar-refractivity contribution in [2.45, 2.75) is 32.6 Å². The van der Waals surface area contributed by atoms with Crippen LogP contribution in [0.1, 0.15) is 27.8 Å². The molecule has 0 atom stereocenters. The van der Waals surface area contributed by atoms with E-state index in [-0.39, 0.29) is 20.1 Å². The number of aromatic nitrogens is 3. The normalized spacial score (nSPS) is 11.2. The van der Waals surface area contributed by atoms with E-state index in [4.69, 9.17) is 4.98 Å². The minimum atomic E-state index is 0. The van der Waals surface area contributed by atoms with Crippen LogP contribution in [0.3, 0.4) is 0 Å². The maximum Gasteiger partial charge on any atom is 3.00 e. The van der Waals surface area contributed by atoms with Crippen molar-refractivity contribution >= 4 is 32.3 Å². The van der Waals surface area contributed by atoms with Gasteiger partial charge in [-0.2, -0.15) is 0 Å². The number of rotatable bonds is 12. The SMILES string of the molecule is Cc1ccnc(-c2[c-]cc(-c3ccccc3-c3cc(CCc4c[c-]c(-c5ccccn5)cc4)cc(CCc4c[c-]c(-c5ccccn5)cc4)c3)c(-c3ccc4c5ccccc5c5ccccc5c4c3)c2)c1.[Ir+3]. The Morgan fingerprint density at radius 1 is 0.319 bits per heavy atom. The molecule has 0 amide bonds. The van der Waals surface area contributed by atoms with Crippen molar-refractivity contribution in [2.24, 2.45) is 0 Å². The minimum Gasteiger partial charge on any atom is -0.305 e. The van der Waals surface area contributed by atoms with Crippen molar-refractivity contribution in [3.63, 3.8) is 0 Å². The first-order valence-corrected chi connectivity index (χ1v) is 24.5. The molecule has 3 nitrogen and oxygen atoms in total. The largest absolute Gasteiger partial charge is 3.00 e. The van der Waals surface area contributed by atoms with Crippen molar-refractivity contribution in [1.29, 1.82) is 0 Å². The Balaban J connectivity index is 0.00000560. The Hall–Kier alpha value is -8.14. The second-order valence-electron chi connectivity index (χ2n) is 18.5. The molecule has 0 aliphatic heterocycles. The zero-order valence-corrected chi connectivity index (χ0v) is 42.3. The molecule has 0 spiro atoms. The summed E-state index contributed by atoms with van der Waals surface area (Å²) in [5.74, 6) is 0. The molecule has 0 saturated carbocycles. The van der Waals surface area contributed by atoms with E-state index >= 15 is 0 Å². The van der Waals surface area contributed by atoms with Gasteiger partial charge in [-0.25, -0.2) is 0 Å². The fourth-order valence-corrected chi connectivity index (χ4v) is 10.2. The molecule has 12 rings (SSSR count). The molecule has 0 aliphatic carbocycles. The average Bonchev–Trinajstić information content (AvgIpc) is 3.44. The Bertz CT molecular complexity index is 3730. The van der Waals surface area contributed by atoms with Gasteiger partial charge in [0.25, 0.3) is 0 Å². The number of benzene rings is 9. The number of aryl methyl sites for hydroxylation is 5. The first kappa shape index (κ1) is 46.3. The van der Waals surface area contributed by atoms with Gasteiger partial charge < -0.3 is 15.0 Å². The number of hydrogen-bond donors (Lipinski definition) is 0. The molecule has 0 N–H and O–H groups in total. The minimum absolute atomic E-state index is 0. The van der Waals surface area contributed by atoms with Gasteiger partial charge in [-0.1, -0.05) is 169 Å². The molecule has 72 heavy (non-hydrogen) atoms. The quantitative estimate of drug-likeness (QED) is 0.0904. The van der Waals surface area contributed by atoms with E-state index in [1.165, 1.54) is 71.3 Å². The van der Waals surface area contributed by atoms with Gasteiger partial charge in [-0.3, -0.25) is 0 Å². The van der Waals surface area contributed by atoms with Crippen LogP contribution in [-0.2, 0) is 45.8 Å². The van der Waals surface area contributed by atoms with Crippen LogP contribution in [0.4, 0.5) is 0 Å². The molecule has 344 valence electrons. The van der Waals surface area contributed by atoms with Gasteiger partial charge in [-0.05, 0) is 121 Å². The fraction of sp³-hybridized carbons (Fsp3) is 0.0735. The molecule has 0 unspecified atom stereocenters. The number of fused-ring (bicyclic) bond motifs is 6. The molecule has 0 bridgehead atoms. The van der Waals surface area contributed by atoms with Crippen LogP contribution in [0.15, 0.2) is 225 Å². The Labute approximate surface area is 435 Å². The van der Waals surface area contributed by atoms with Crippen molar-refractivity contribution in [3.8, 4) is 67.2 Å². The van der Waals surface area contributed by atoms with Gasteiger partial charge in [0.05, 0.1) is 0 Å². The third-order valence-electron chi connectivity index (χ3n) is 13.8. The van der Waals surface area contributed by atoms with Crippen LogP contribution in [0.2, 0.25) is 0 Å². The van der Waals surface area contributed by atoms with Gasteiger partial charge in [0.2, 0.25) is 0 Å². The van der Waals surface area contributed by atoms with E-state index < -0.39 is 0 Å². The monoisotopic (exact) mass is 1100 g/mol. The molecule has 9 aromatic carbocycles. The molecular formula is C68H48IrN3. The van der Waals surface area contributed by atoms with Gasteiger partial charge >= 0.3 is 20.1 Å². The third-order valence-corrected chi connectivity index (χ3v) is 13.8. The average molecular weight is 1100 g/mol. The topological polar surface area (TPSA) is 38.7 Å². The zero-order valence-electron chi connectivity index (χ0n) is 39.9. The summed E-state index contributed by atoms with van der Waals surface area (Å²) in [5.41, 5.74) is 19.0. The number of pyridine rings is 3. The van der Waals surface area contributed by atoms with Crippen LogP contribution in [0.25, 0.3) is 99.5 Å². The molecule has 3 heterocycles. The van der Waals surface area contributed by atoms with Crippen molar-refractivity contribution in [3.05, 3.63) is 271 Å². The molecule has 0 radical (unpaired) electrons. The summed E-state index contributed by atoms with van der Waals surface area (Å²) >= 11 is 0. The Kier molecular flexibility index (Phi) is 13.3. The Morgan fingerprint density at radius 2 is 0.833 bits per heavy atom. The van der Waals surface area contributed by atoms with Gasteiger partial charge in [0.1, 0.15) is 0 Å². The van der Waals surface area contributed by atoms with Crippen molar-refractivity contribution in [1.82, 2.24) is 15.0 Å². The second kappa shape index (κ2) is 20.7. The summed E-state index contributed by atoms with van der Waals surface area (Å²) in [6.45, 7) is 2.12. The van der Waals surface area contributed by atoms with E-state index in [1.54, 1.807) is 0 Å². The van der Waals surface area contributed by atoms with Crippen molar-refractivity contribution < 1.29 is 20.1 Å². The first-order chi connectivity index (χ1) is 35.1. The number of nitrogens with zero attached hydrogens (tertiary/aromatic N) is 3. The number of hydrogen-bond acceptors (Lipinski definition) is 3. The van der Waals surface area contributed by atoms with E-state index in [0.29, 0.717) is 0 Å². The summed E-state index contributed by atoms with van der Waals surface area (Å²) in [7, 11) is 0. The van der Waals surface area contributed by atoms with Crippen LogP contribution in [0, 0.1) is 25.1 Å². The Morgan fingerprint density at radius 3 is 1.39 bits per heavy atom. The molecule has 0 fully saturated rings. The first-order valence-electron chi connectivity index (χ1n) is 24.5. The molecule has 0 aliphatic rings. The van der Waals surface area contributed by atoms with Crippen LogP contribution >= 0.6 is 0 Å². The molecule has 0 saturated heterocycles. The van der Waals surface area contributed by atoms with Crippen LogP contribution in [-0.4, -0.2) is 15.0 Å². The molecular weight excluding hydrogens is 1050 g/mol. The summed E-state index contributed by atoms with van der Waals surface area (Å²) in [5, 5.41) is 7.54. The maximum atomic E-state index is 4.83. The predicted octanol–water partition coefficient (Wildman–Crippen LogP) is 16.6. The molecule has 12 aromatic rings. The van der Waals surface area contributed by atoms with Crippen LogP contribution < -0.4 is 0 Å². The predicted molar refractivity (Wildman–Crippen MR) is 294 cm³/mol. The van der Waals surface area contributed by atoms with Gasteiger partial charge in [0, 0.05) is 18.6 Å². The smallest absolute Gasteiger partial charge is 0.305 e. The van der Waals surface area contributed by atoms with E-state index in [1.807, 2.05) is 61.1 Å². The van der Waals surface area contributed by atoms with E-state index in [9.17, 15) is 0 Å². The van der Waals surface area contributed by atoms with E-state index in [2.05, 4.69) is 199 Å². The van der Waals surface area contributed by atoms with Crippen molar-refractivity contribution in [2.75, 3.05) is 0 Å². The summed E-state index contributed by atoms with van der Waals surface area (Å²) in [6.07, 6.45) is 9.13. The van der Waals surface area contributed by atoms with E-state index in [0.717, 1.165) is 81.7 Å². The van der Waals surface area contributed by atoms with Gasteiger partial charge in [0.15, 0.2) is 0 Å². The standard InChI is InChI=1S/C68H48N3.Ir/c1-46-36-39-71-68(40-46)54-33-35-62(64(45-54)53-32-34-63-60-16-5-4-14-58(60)59-15-6-7-17-61(59)65(63)44-53)57-13-3-2-12-56(57)55-42-49(22-20-47-24-28-51(29-25-47)66-18-8-10-37-69-66)41-50(43-55)23-21-48-26-30-52(31-27-48)67-19-9-11-38-70-67;/h2-19,24-28,30,32,34-45H,20-23H2,1H3;/q-3;+3. The molecule has 3 aromatic heterocycles. The fourth-order valence-electron chi connectivity index (χ4n) is 10.2. The molecule has 4 heteroatoms. The summed E-state index contributed by atoms with van der Waals surface area (Å²) in [6, 6.07) is 85.1. The van der Waals surface area contributed by atoms with Crippen LogP contribution in [0.5, 0.6) is 0 Å². The summed E-state index contributed by atoms with van der Waals surface area (Å²) < 4.78 is 0. The second-order valence-corrected chi connectivity index (χ2v) is 18.5. The third kappa shape index (κ3) is 9.55. The zero-order chi connectivity index (χ0) is 47.5. The summed E-state index contributed by atoms with van der Waals surface area (Å²) in [4.78, 5) is 13.9.